The van der Waals surface area contributed by atoms with Crippen LogP contribution in [0.2, 0.25) is 0 Å². The van der Waals surface area contributed by atoms with Crippen molar-refractivity contribution in [2.75, 3.05) is 64.9 Å². The summed E-state index contributed by atoms with van der Waals surface area (Å²) in [7, 11) is 1.53. The van der Waals surface area contributed by atoms with Gasteiger partial charge in [0.15, 0.2) is 11.5 Å². The predicted molar refractivity (Wildman–Crippen MR) is 135 cm³/mol. The van der Waals surface area contributed by atoms with Gasteiger partial charge in [-0.3, -0.25) is 9.80 Å². The number of benzene rings is 2. The molecule has 188 valence electrons. The van der Waals surface area contributed by atoms with Crippen LogP contribution in [-0.4, -0.2) is 95.7 Å². The highest BCUT2D eigenvalue weighted by molar-refractivity contribution is 9.10. The number of aliphatic hydroxyl groups is 2. The van der Waals surface area contributed by atoms with Crippen LogP contribution in [0.1, 0.15) is 0 Å². The SMILES string of the molecule is COc1cc2c(Nc3ccc(Br)cc3F)ncnc2cc1OCC(O)CN1CCN(CCO)CC1. The lowest BCUT2D eigenvalue weighted by Crippen LogP contribution is -2.49. The molecule has 35 heavy (non-hydrogen) atoms. The molecule has 0 saturated carbocycles. The zero-order chi connectivity index (χ0) is 24.8. The number of ether oxygens (including phenoxy) is 2. The molecule has 9 nitrogen and oxygen atoms in total. The van der Waals surface area contributed by atoms with Gasteiger partial charge in [-0.25, -0.2) is 14.4 Å². The fourth-order valence-corrected chi connectivity index (χ4v) is 4.36. The van der Waals surface area contributed by atoms with Gasteiger partial charge in [-0.2, -0.15) is 0 Å². The molecule has 1 fully saturated rings. The third kappa shape index (κ3) is 6.56. The van der Waals surface area contributed by atoms with E-state index in [9.17, 15) is 9.50 Å². The number of aromatic nitrogens is 2. The number of halogens is 2. The number of fused-ring (bicyclic) bond motifs is 1. The average Bonchev–Trinajstić information content (AvgIpc) is 2.85. The van der Waals surface area contributed by atoms with E-state index in [1.54, 1.807) is 24.3 Å². The number of piperazine rings is 1. The summed E-state index contributed by atoms with van der Waals surface area (Å²) >= 11 is 3.25. The first-order valence-electron chi connectivity index (χ1n) is 11.4. The molecule has 2 aromatic carbocycles. The van der Waals surface area contributed by atoms with Crippen molar-refractivity contribution in [1.29, 1.82) is 0 Å². The van der Waals surface area contributed by atoms with Gasteiger partial charge in [0.1, 0.15) is 30.7 Å². The smallest absolute Gasteiger partial charge is 0.163 e. The standard InChI is InChI=1S/C24H29BrFN5O4/c1-34-22-11-18-21(27-15-28-24(18)29-20-3-2-16(25)10-19(20)26)12-23(22)35-14-17(33)13-31-6-4-30(5-7-31)8-9-32/h2-3,10-12,15,17,32-33H,4-9,13-14H2,1H3,(H,27,28,29). The molecule has 0 bridgehead atoms. The first kappa shape index (κ1) is 25.5. The molecule has 0 radical (unpaired) electrons. The molecule has 4 rings (SSSR count). The zero-order valence-corrected chi connectivity index (χ0v) is 21.0. The van der Waals surface area contributed by atoms with E-state index >= 15 is 0 Å². The van der Waals surface area contributed by atoms with E-state index < -0.39 is 11.9 Å². The predicted octanol–water partition coefficient (Wildman–Crippen LogP) is 2.63. The Labute approximate surface area is 211 Å². The van der Waals surface area contributed by atoms with Crippen LogP contribution in [0.25, 0.3) is 10.9 Å². The summed E-state index contributed by atoms with van der Waals surface area (Å²) in [4.78, 5) is 13.0. The molecule has 1 aliphatic rings. The van der Waals surface area contributed by atoms with Gasteiger partial charge in [-0.15, -0.1) is 0 Å². The summed E-state index contributed by atoms with van der Waals surface area (Å²) < 4.78 is 26.4. The summed E-state index contributed by atoms with van der Waals surface area (Å²) in [5.41, 5.74) is 0.873. The third-order valence-electron chi connectivity index (χ3n) is 5.89. The highest BCUT2D eigenvalue weighted by Crippen LogP contribution is 2.35. The van der Waals surface area contributed by atoms with Crippen LogP contribution in [0.3, 0.4) is 0 Å². The van der Waals surface area contributed by atoms with Gasteiger partial charge >= 0.3 is 0 Å². The molecule has 3 aromatic rings. The van der Waals surface area contributed by atoms with E-state index in [4.69, 9.17) is 14.6 Å². The maximum atomic E-state index is 14.3. The molecular formula is C24H29BrFN5O4. The minimum Gasteiger partial charge on any atom is -0.493 e. The maximum absolute atomic E-state index is 14.3. The molecule has 11 heteroatoms. The quantitative estimate of drug-likeness (QED) is 0.352. The Bertz CT molecular complexity index is 1150. The Balaban J connectivity index is 1.43. The van der Waals surface area contributed by atoms with E-state index in [0.717, 1.165) is 26.2 Å². The molecule has 1 atom stereocenters. The van der Waals surface area contributed by atoms with Crippen molar-refractivity contribution < 1.29 is 24.1 Å². The number of nitrogens with one attached hydrogen (secondary N) is 1. The average molecular weight is 550 g/mol. The van der Waals surface area contributed by atoms with E-state index in [1.807, 2.05) is 0 Å². The van der Waals surface area contributed by atoms with E-state index in [-0.39, 0.29) is 18.9 Å². The Kier molecular flexibility index (Phi) is 8.69. The Morgan fingerprint density at radius 3 is 2.60 bits per heavy atom. The molecule has 2 heterocycles. The minimum atomic E-state index is -0.678. The van der Waals surface area contributed by atoms with Crippen LogP contribution in [0, 0.1) is 5.82 Å². The van der Waals surface area contributed by atoms with Gasteiger partial charge in [-0.05, 0) is 24.3 Å². The Hall–Kier alpha value is -2.57. The summed E-state index contributed by atoms with van der Waals surface area (Å²) in [5, 5.41) is 23.2. The first-order chi connectivity index (χ1) is 17.0. The first-order valence-corrected chi connectivity index (χ1v) is 12.2. The number of anilines is 2. The fraction of sp³-hybridized carbons (Fsp3) is 0.417. The molecule has 1 aliphatic heterocycles. The van der Waals surface area contributed by atoms with Crippen molar-refractivity contribution in [3.8, 4) is 11.5 Å². The number of rotatable bonds is 10. The molecule has 1 saturated heterocycles. The number of aliphatic hydroxyl groups excluding tert-OH is 2. The highest BCUT2D eigenvalue weighted by Gasteiger charge is 2.20. The lowest BCUT2D eigenvalue weighted by molar-refractivity contribution is 0.0423. The second-order valence-corrected chi connectivity index (χ2v) is 9.24. The van der Waals surface area contributed by atoms with E-state index in [1.165, 1.54) is 19.5 Å². The van der Waals surface area contributed by atoms with Crippen molar-refractivity contribution in [1.82, 2.24) is 19.8 Å². The minimum absolute atomic E-state index is 0.0962. The van der Waals surface area contributed by atoms with Crippen LogP contribution in [0.5, 0.6) is 11.5 Å². The van der Waals surface area contributed by atoms with Crippen LogP contribution in [0.4, 0.5) is 15.9 Å². The summed E-state index contributed by atoms with van der Waals surface area (Å²) in [6.45, 7) is 4.84. The maximum Gasteiger partial charge on any atom is 0.163 e. The number of β-amino-alcohol motifs (C(OH)–C–C–N with tert-alkyl or cyclic N) is 2. The van der Waals surface area contributed by atoms with Crippen molar-refractivity contribution >= 4 is 38.3 Å². The van der Waals surface area contributed by atoms with Gasteiger partial charge in [0.05, 0.1) is 24.9 Å². The number of hydrogen-bond acceptors (Lipinski definition) is 9. The van der Waals surface area contributed by atoms with Crippen molar-refractivity contribution in [2.24, 2.45) is 0 Å². The number of hydrogen-bond donors (Lipinski definition) is 3. The topological polar surface area (TPSA) is 103 Å². The number of methoxy groups -OCH3 is 1. The Morgan fingerprint density at radius 2 is 1.89 bits per heavy atom. The van der Waals surface area contributed by atoms with Crippen LogP contribution in [-0.2, 0) is 0 Å². The van der Waals surface area contributed by atoms with E-state index in [2.05, 4.69) is 41.0 Å². The monoisotopic (exact) mass is 549 g/mol. The second kappa shape index (κ2) is 11.9. The molecule has 1 unspecified atom stereocenters. The lowest BCUT2D eigenvalue weighted by Gasteiger charge is -2.35. The molecular weight excluding hydrogens is 521 g/mol. The summed E-state index contributed by atoms with van der Waals surface area (Å²) in [6.07, 6.45) is 0.714. The van der Waals surface area contributed by atoms with Crippen LogP contribution < -0.4 is 14.8 Å². The third-order valence-corrected chi connectivity index (χ3v) is 6.38. The Morgan fingerprint density at radius 1 is 1.11 bits per heavy atom. The van der Waals surface area contributed by atoms with Crippen LogP contribution >= 0.6 is 15.9 Å². The molecule has 1 aromatic heterocycles. The van der Waals surface area contributed by atoms with Crippen molar-refractivity contribution in [3.63, 3.8) is 0 Å². The normalized spacial score (nSPS) is 15.8. The molecule has 0 spiro atoms. The van der Waals surface area contributed by atoms with Gasteiger partial charge in [0, 0.05) is 55.2 Å². The summed E-state index contributed by atoms with van der Waals surface area (Å²) in [6, 6.07) is 8.19. The summed E-state index contributed by atoms with van der Waals surface area (Å²) in [5.74, 6) is 0.922. The second-order valence-electron chi connectivity index (χ2n) is 8.32. The lowest BCUT2D eigenvalue weighted by atomic mass is 10.2. The fourth-order valence-electron chi connectivity index (χ4n) is 4.03. The van der Waals surface area contributed by atoms with Gasteiger partial charge in [0.25, 0.3) is 0 Å². The van der Waals surface area contributed by atoms with Gasteiger partial charge < -0.3 is 25.0 Å². The van der Waals surface area contributed by atoms with Crippen molar-refractivity contribution in [3.05, 3.63) is 46.9 Å². The van der Waals surface area contributed by atoms with Gasteiger partial charge in [-0.1, -0.05) is 15.9 Å². The van der Waals surface area contributed by atoms with Crippen LogP contribution in [0.15, 0.2) is 41.1 Å². The molecule has 0 aliphatic carbocycles. The van der Waals surface area contributed by atoms with Crippen molar-refractivity contribution in [2.45, 2.75) is 6.10 Å². The molecule has 0 amide bonds. The largest absolute Gasteiger partial charge is 0.493 e. The number of nitrogens with zero attached hydrogens (tertiary/aromatic N) is 4. The zero-order valence-electron chi connectivity index (χ0n) is 19.5. The highest BCUT2D eigenvalue weighted by atomic mass is 79.9. The molecule has 3 N–H and O–H groups in total. The van der Waals surface area contributed by atoms with E-state index in [0.29, 0.717) is 45.8 Å². The van der Waals surface area contributed by atoms with Gasteiger partial charge in [0.2, 0.25) is 0 Å².